The van der Waals surface area contributed by atoms with Crippen LogP contribution in [0.5, 0.6) is 5.75 Å². The summed E-state index contributed by atoms with van der Waals surface area (Å²) in [4.78, 5) is 0. The SMILES string of the molecule is CCNCc1cc(C)c(C)cc1OC(F)F. The molecule has 1 rings (SSSR count). The lowest BCUT2D eigenvalue weighted by Gasteiger charge is -2.13. The van der Waals surface area contributed by atoms with Crippen LogP contribution in [-0.2, 0) is 6.54 Å². The van der Waals surface area contributed by atoms with Gasteiger partial charge < -0.3 is 10.1 Å². The van der Waals surface area contributed by atoms with E-state index in [1.165, 1.54) is 0 Å². The van der Waals surface area contributed by atoms with Gasteiger partial charge in [-0.2, -0.15) is 8.78 Å². The molecule has 0 bridgehead atoms. The summed E-state index contributed by atoms with van der Waals surface area (Å²) in [5, 5.41) is 3.10. The Balaban J connectivity index is 2.96. The van der Waals surface area contributed by atoms with Gasteiger partial charge in [-0.05, 0) is 37.6 Å². The van der Waals surface area contributed by atoms with E-state index in [-0.39, 0.29) is 5.75 Å². The average Bonchev–Trinajstić information content (AvgIpc) is 2.20. The van der Waals surface area contributed by atoms with Gasteiger partial charge in [-0.3, -0.25) is 0 Å². The van der Waals surface area contributed by atoms with Gasteiger partial charge in [-0.25, -0.2) is 0 Å². The number of aryl methyl sites for hydroxylation is 2. The zero-order valence-electron chi connectivity index (χ0n) is 9.81. The fourth-order valence-corrected chi connectivity index (χ4v) is 1.45. The highest BCUT2D eigenvalue weighted by Gasteiger charge is 2.11. The Morgan fingerprint density at radius 1 is 1.25 bits per heavy atom. The van der Waals surface area contributed by atoms with Crippen LogP contribution in [0.4, 0.5) is 8.78 Å². The van der Waals surface area contributed by atoms with E-state index in [0.717, 1.165) is 23.2 Å². The molecule has 1 N–H and O–H groups in total. The van der Waals surface area contributed by atoms with Gasteiger partial charge in [0.1, 0.15) is 5.75 Å². The van der Waals surface area contributed by atoms with E-state index >= 15 is 0 Å². The van der Waals surface area contributed by atoms with Crippen LogP contribution in [0.15, 0.2) is 12.1 Å². The van der Waals surface area contributed by atoms with E-state index in [4.69, 9.17) is 0 Å². The summed E-state index contributed by atoms with van der Waals surface area (Å²) in [6.07, 6.45) is 0. The maximum absolute atomic E-state index is 12.2. The molecule has 90 valence electrons. The molecule has 4 heteroatoms. The molecular formula is C12H17F2NO. The van der Waals surface area contributed by atoms with Gasteiger partial charge in [0.2, 0.25) is 0 Å². The maximum Gasteiger partial charge on any atom is 0.387 e. The van der Waals surface area contributed by atoms with Crippen molar-refractivity contribution in [1.29, 1.82) is 0 Å². The van der Waals surface area contributed by atoms with Crippen molar-refractivity contribution in [3.05, 3.63) is 28.8 Å². The van der Waals surface area contributed by atoms with Gasteiger partial charge in [0.25, 0.3) is 0 Å². The number of halogens is 2. The van der Waals surface area contributed by atoms with Crippen LogP contribution in [-0.4, -0.2) is 13.2 Å². The Hall–Kier alpha value is -1.16. The molecule has 0 spiro atoms. The van der Waals surface area contributed by atoms with Crippen LogP contribution in [0.1, 0.15) is 23.6 Å². The third kappa shape index (κ3) is 3.45. The van der Waals surface area contributed by atoms with Gasteiger partial charge in [0, 0.05) is 12.1 Å². The molecule has 0 aliphatic heterocycles. The summed E-state index contributed by atoms with van der Waals surface area (Å²) in [5.74, 6) is 0.263. The first-order valence-corrected chi connectivity index (χ1v) is 5.30. The van der Waals surface area contributed by atoms with E-state index in [1.54, 1.807) is 6.07 Å². The molecular weight excluding hydrogens is 212 g/mol. The van der Waals surface area contributed by atoms with E-state index in [2.05, 4.69) is 10.1 Å². The van der Waals surface area contributed by atoms with Crippen molar-refractivity contribution >= 4 is 0 Å². The van der Waals surface area contributed by atoms with Gasteiger partial charge in [-0.15, -0.1) is 0 Å². The molecule has 0 heterocycles. The van der Waals surface area contributed by atoms with Crippen molar-refractivity contribution in [3.63, 3.8) is 0 Å². The second-order valence-electron chi connectivity index (χ2n) is 3.70. The molecule has 0 aliphatic rings. The lowest BCUT2D eigenvalue weighted by molar-refractivity contribution is -0.0505. The lowest BCUT2D eigenvalue weighted by Crippen LogP contribution is -2.14. The minimum Gasteiger partial charge on any atom is -0.434 e. The van der Waals surface area contributed by atoms with Crippen LogP contribution in [0.2, 0.25) is 0 Å². The third-order valence-corrected chi connectivity index (χ3v) is 2.46. The number of benzene rings is 1. The Labute approximate surface area is 94.6 Å². The fourth-order valence-electron chi connectivity index (χ4n) is 1.45. The zero-order chi connectivity index (χ0) is 12.1. The predicted octanol–water partition coefficient (Wildman–Crippen LogP) is 3.01. The Kier molecular flexibility index (Phi) is 4.68. The fraction of sp³-hybridized carbons (Fsp3) is 0.500. The quantitative estimate of drug-likeness (QED) is 0.838. The number of rotatable bonds is 5. The number of hydrogen-bond acceptors (Lipinski definition) is 2. The highest BCUT2D eigenvalue weighted by atomic mass is 19.3. The number of hydrogen-bond donors (Lipinski definition) is 1. The standard InChI is InChI=1S/C12H17F2NO/c1-4-15-7-10-5-8(2)9(3)6-11(10)16-12(13)14/h5-6,12,15H,4,7H2,1-3H3. The van der Waals surface area contributed by atoms with E-state index in [0.29, 0.717) is 6.54 Å². The zero-order valence-corrected chi connectivity index (χ0v) is 9.81. The van der Waals surface area contributed by atoms with Gasteiger partial charge in [0.15, 0.2) is 0 Å². The molecule has 1 aromatic carbocycles. The highest BCUT2D eigenvalue weighted by Crippen LogP contribution is 2.24. The second kappa shape index (κ2) is 5.80. The van der Waals surface area contributed by atoms with Crippen molar-refractivity contribution in [2.45, 2.75) is 33.9 Å². The highest BCUT2D eigenvalue weighted by molar-refractivity contribution is 5.41. The average molecular weight is 229 g/mol. The molecule has 0 saturated carbocycles. The predicted molar refractivity (Wildman–Crippen MR) is 59.9 cm³/mol. The Morgan fingerprint density at radius 3 is 2.44 bits per heavy atom. The Bertz CT molecular complexity index is 353. The van der Waals surface area contributed by atoms with Crippen molar-refractivity contribution < 1.29 is 13.5 Å². The topological polar surface area (TPSA) is 21.3 Å². The Morgan fingerprint density at radius 2 is 1.88 bits per heavy atom. The largest absolute Gasteiger partial charge is 0.434 e. The molecule has 16 heavy (non-hydrogen) atoms. The summed E-state index contributed by atoms with van der Waals surface area (Å²) in [5.41, 5.74) is 2.80. The number of ether oxygens (including phenoxy) is 1. The first-order valence-electron chi connectivity index (χ1n) is 5.30. The summed E-state index contributed by atoms with van der Waals surface area (Å²) < 4.78 is 28.9. The van der Waals surface area contributed by atoms with Crippen LogP contribution in [0.3, 0.4) is 0 Å². The molecule has 0 atom stereocenters. The molecule has 0 aromatic heterocycles. The smallest absolute Gasteiger partial charge is 0.387 e. The van der Waals surface area contributed by atoms with Crippen LogP contribution < -0.4 is 10.1 Å². The summed E-state index contributed by atoms with van der Waals surface area (Å²) in [6, 6.07) is 3.55. The normalized spacial score (nSPS) is 10.9. The summed E-state index contributed by atoms with van der Waals surface area (Å²) in [7, 11) is 0. The minimum atomic E-state index is -2.78. The number of nitrogens with one attached hydrogen (secondary N) is 1. The van der Waals surface area contributed by atoms with Crippen LogP contribution in [0, 0.1) is 13.8 Å². The lowest BCUT2D eigenvalue weighted by atomic mass is 10.0. The van der Waals surface area contributed by atoms with Crippen molar-refractivity contribution in [1.82, 2.24) is 5.32 Å². The molecule has 0 unspecified atom stereocenters. The van der Waals surface area contributed by atoms with Gasteiger partial charge in [0.05, 0.1) is 0 Å². The van der Waals surface area contributed by atoms with Crippen LogP contribution in [0.25, 0.3) is 0 Å². The molecule has 0 aliphatic carbocycles. The van der Waals surface area contributed by atoms with Crippen molar-refractivity contribution in [2.75, 3.05) is 6.54 Å². The second-order valence-corrected chi connectivity index (χ2v) is 3.70. The third-order valence-electron chi connectivity index (χ3n) is 2.46. The van der Waals surface area contributed by atoms with Gasteiger partial charge in [-0.1, -0.05) is 13.0 Å². The molecule has 1 aromatic rings. The van der Waals surface area contributed by atoms with Crippen LogP contribution >= 0.6 is 0 Å². The van der Waals surface area contributed by atoms with E-state index in [1.807, 2.05) is 26.8 Å². The first kappa shape index (κ1) is 12.9. The summed E-state index contributed by atoms with van der Waals surface area (Å²) >= 11 is 0. The number of alkyl halides is 2. The molecule has 0 fully saturated rings. The molecule has 0 saturated heterocycles. The van der Waals surface area contributed by atoms with Crippen molar-refractivity contribution in [3.8, 4) is 5.75 Å². The first-order chi connectivity index (χ1) is 7.54. The molecule has 0 amide bonds. The summed E-state index contributed by atoms with van der Waals surface area (Å²) in [6.45, 7) is 4.36. The van der Waals surface area contributed by atoms with E-state index < -0.39 is 6.61 Å². The van der Waals surface area contributed by atoms with E-state index in [9.17, 15) is 8.78 Å². The van der Waals surface area contributed by atoms with Gasteiger partial charge >= 0.3 is 6.61 Å². The maximum atomic E-state index is 12.2. The molecule has 2 nitrogen and oxygen atoms in total. The minimum absolute atomic E-state index is 0.263. The molecule has 0 radical (unpaired) electrons. The van der Waals surface area contributed by atoms with Crippen molar-refractivity contribution in [2.24, 2.45) is 0 Å². The monoisotopic (exact) mass is 229 g/mol.